The van der Waals surface area contributed by atoms with Crippen molar-refractivity contribution in [3.8, 4) is 17.3 Å². The van der Waals surface area contributed by atoms with Crippen molar-refractivity contribution < 1.29 is 23.8 Å². The predicted molar refractivity (Wildman–Crippen MR) is 120 cm³/mol. The molecule has 4 aromatic rings. The molecule has 0 radical (unpaired) electrons. The lowest BCUT2D eigenvalue weighted by Crippen LogP contribution is -2.40. The quantitative estimate of drug-likeness (QED) is 0.495. The van der Waals surface area contributed by atoms with Gasteiger partial charge in [-0.2, -0.15) is 0 Å². The number of hydrogen-bond acceptors (Lipinski definition) is 6. The highest BCUT2D eigenvalue weighted by Gasteiger charge is 2.27. The summed E-state index contributed by atoms with van der Waals surface area (Å²) in [4.78, 5) is 31.6. The zero-order valence-corrected chi connectivity index (χ0v) is 18.2. The molecule has 10 nitrogen and oxygen atoms in total. The van der Waals surface area contributed by atoms with Crippen LogP contribution in [0.1, 0.15) is 20.9 Å². The van der Waals surface area contributed by atoms with Crippen LogP contribution in [0, 0.1) is 0 Å². The fraction of sp³-hybridized carbons (Fsp3) is 0.261. The summed E-state index contributed by atoms with van der Waals surface area (Å²) in [6, 6.07) is 8.59. The van der Waals surface area contributed by atoms with E-state index in [1.807, 2.05) is 17.7 Å². The third-order valence-corrected chi connectivity index (χ3v) is 5.78. The van der Waals surface area contributed by atoms with Gasteiger partial charge in [0.15, 0.2) is 17.3 Å². The number of fused-ring (bicyclic) bond motifs is 1. The van der Waals surface area contributed by atoms with Crippen LogP contribution >= 0.6 is 0 Å². The number of carbonyl (C=O) groups is 2. The summed E-state index contributed by atoms with van der Waals surface area (Å²) >= 11 is 0. The molecule has 0 atom stereocenters. The van der Waals surface area contributed by atoms with Gasteiger partial charge >= 0.3 is 0 Å². The molecule has 3 aromatic heterocycles. The molecule has 5 rings (SSSR count). The Kier molecular flexibility index (Phi) is 5.14. The second-order valence-corrected chi connectivity index (χ2v) is 7.88. The molecule has 0 saturated carbocycles. The van der Waals surface area contributed by atoms with Crippen molar-refractivity contribution >= 4 is 28.5 Å². The third-order valence-electron chi connectivity index (χ3n) is 5.78. The molecular weight excluding hydrogens is 426 g/mol. The number of furan rings is 1. The molecule has 2 amide bonds. The highest BCUT2D eigenvalue weighted by Crippen LogP contribution is 2.35. The summed E-state index contributed by atoms with van der Waals surface area (Å²) in [6.45, 7) is 1.94. The molecule has 0 unspecified atom stereocenters. The number of anilines is 1. The van der Waals surface area contributed by atoms with Crippen LogP contribution in [0.2, 0.25) is 0 Å². The van der Waals surface area contributed by atoms with Gasteiger partial charge < -0.3 is 33.6 Å². The molecule has 33 heavy (non-hydrogen) atoms. The number of morpholine rings is 1. The second-order valence-electron chi connectivity index (χ2n) is 7.88. The lowest BCUT2D eigenvalue weighted by atomic mass is 10.2. The van der Waals surface area contributed by atoms with Crippen LogP contribution in [0.15, 0.2) is 47.2 Å². The van der Waals surface area contributed by atoms with E-state index in [2.05, 4.69) is 10.3 Å². The Labute approximate surface area is 189 Å². The average Bonchev–Trinajstić information content (AvgIpc) is 3.53. The summed E-state index contributed by atoms with van der Waals surface area (Å²) in [5, 5.41) is 13.8. The maximum absolute atomic E-state index is 12.9. The van der Waals surface area contributed by atoms with Gasteiger partial charge in [0.25, 0.3) is 11.8 Å². The molecule has 1 fully saturated rings. The van der Waals surface area contributed by atoms with Crippen molar-refractivity contribution in [2.24, 2.45) is 14.1 Å². The largest absolute Gasteiger partial charge is 0.505 e. The molecule has 1 aromatic carbocycles. The molecule has 2 N–H and O–H groups in total. The highest BCUT2D eigenvalue weighted by molar-refractivity contribution is 6.03. The molecule has 1 saturated heterocycles. The van der Waals surface area contributed by atoms with Crippen LogP contribution in [0.25, 0.3) is 22.6 Å². The smallest absolute Gasteiger partial charge is 0.291 e. The summed E-state index contributed by atoms with van der Waals surface area (Å²) in [5.41, 5.74) is 2.67. The first-order chi connectivity index (χ1) is 15.9. The Balaban J connectivity index is 1.48. The second kappa shape index (κ2) is 8.14. The van der Waals surface area contributed by atoms with E-state index in [1.165, 1.54) is 6.26 Å². The molecular formula is C23H23N5O5. The number of ether oxygens (including phenoxy) is 1. The van der Waals surface area contributed by atoms with Gasteiger partial charge in [0.2, 0.25) is 0 Å². The van der Waals surface area contributed by atoms with E-state index in [0.29, 0.717) is 49.0 Å². The van der Waals surface area contributed by atoms with E-state index < -0.39 is 0 Å². The first-order valence-corrected chi connectivity index (χ1v) is 10.5. The fourth-order valence-electron chi connectivity index (χ4n) is 4.06. The van der Waals surface area contributed by atoms with Crippen LogP contribution < -0.4 is 5.32 Å². The van der Waals surface area contributed by atoms with Crippen LogP contribution in [0.5, 0.6) is 5.75 Å². The normalized spacial score (nSPS) is 14.1. The van der Waals surface area contributed by atoms with Gasteiger partial charge in [-0.1, -0.05) is 0 Å². The number of benzene rings is 1. The van der Waals surface area contributed by atoms with Crippen LogP contribution in [-0.4, -0.2) is 62.2 Å². The fourth-order valence-corrected chi connectivity index (χ4v) is 4.06. The number of imidazole rings is 1. The van der Waals surface area contributed by atoms with E-state index >= 15 is 0 Å². The van der Waals surface area contributed by atoms with E-state index in [-0.39, 0.29) is 28.9 Å². The van der Waals surface area contributed by atoms with Crippen molar-refractivity contribution in [2.45, 2.75) is 0 Å². The Hall–Kier alpha value is -4.05. The predicted octanol–water partition coefficient (Wildman–Crippen LogP) is 2.60. The van der Waals surface area contributed by atoms with Crippen LogP contribution in [0.3, 0.4) is 0 Å². The maximum atomic E-state index is 12.9. The van der Waals surface area contributed by atoms with Gasteiger partial charge in [-0.3, -0.25) is 9.59 Å². The minimum atomic E-state index is -0.359. The van der Waals surface area contributed by atoms with Crippen LogP contribution in [-0.2, 0) is 18.8 Å². The number of aromatic nitrogens is 3. The number of nitrogens with zero attached hydrogens (tertiary/aromatic N) is 4. The Morgan fingerprint density at radius 3 is 2.67 bits per heavy atom. The van der Waals surface area contributed by atoms with Gasteiger partial charge in [0.1, 0.15) is 5.69 Å². The van der Waals surface area contributed by atoms with Gasteiger partial charge in [-0.15, -0.1) is 0 Å². The lowest BCUT2D eigenvalue weighted by Gasteiger charge is -2.26. The first-order valence-electron chi connectivity index (χ1n) is 10.5. The molecule has 170 valence electrons. The van der Waals surface area contributed by atoms with Gasteiger partial charge in [0.05, 0.1) is 36.1 Å². The average molecular weight is 449 g/mol. The lowest BCUT2D eigenvalue weighted by molar-refractivity contribution is 0.0301. The molecule has 0 spiro atoms. The SMILES string of the molecule is Cn1cc(C(=O)N2CCOCC2)c(O)c1-c1nc2cc(NC(=O)c3ccco3)ccc2n1C. The number of carbonyl (C=O) groups excluding carboxylic acids is 2. The monoisotopic (exact) mass is 449 g/mol. The number of aryl methyl sites for hydroxylation is 2. The molecule has 1 aliphatic rings. The van der Waals surface area contributed by atoms with Gasteiger partial charge in [0, 0.05) is 39.1 Å². The molecule has 1 aliphatic heterocycles. The minimum absolute atomic E-state index is 0.112. The Bertz CT molecular complexity index is 1350. The van der Waals surface area contributed by atoms with E-state index in [0.717, 1.165) is 5.52 Å². The third kappa shape index (κ3) is 3.64. The van der Waals surface area contributed by atoms with Crippen molar-refractivity contribution in [2.75, 3.05) is 31.6 Å². The number of rotatable bonds is 4. The van der Waals surface area contributed by atoms with E-state index in [9.17, 15) is 14.7 Å². The Morgan fingerprint density at radius 2 is 1.94 bits per heavy atom. The van der Waals surface area contributed by atoms with Crippen molar-refractivity contribution in [3.05, 3.63) is 54.1 Å². The summed E-state index contributed by atoms with van der Waals surface area (Å²) in [5.74, 6) is 0.00322. The standard InChI is InChI=1S/C23H23N5O5/c1-26-13-15(23(31)28-7-10-32-11-8-28)20(29)19(26)21-25-16-12-14(5-6-17(16)27(21)2)24-22(30)18-4-3-9-33-18/h3-6,9,12-13,29H,7-8,10-11H2,1-2H3,(H,24,30). The zero-order chi connectivity index (χ0) is 23.1. The summed E-state index contributed by atoms with van der Waals surface area (Å²) < 4.78 is 14.0. The number of aromatic hydroxyl groups is 1. The Morgan fingerprint density at radius 1 is 1.15 bits per heavy atom. The molecule has 0 aliphatic carbocycles. The van der Waals surface area contributed by atoms with E-state index in [4.69, 9.17) is 9.15 Å². The van der Waals surface area contributed by atoms with Crippen molar-refractivity contribution in [3.63, 3.8) is 0 Å². The molecule has 10 heteroatoms. The number of hydrogen-bond donors (Lipinski definition) is 2. The first kappa shape index (κ1) is 20.8. The minimum Gasteiger partial charge on any atom is -0.505 e. The number of amides is 2. The van der Waals surface area contributed by atoms with Crippen molar-refractivity contribution in [1.29, 1.82) is 0 Å². The topological polar surface area (TPSA) is 115 Å². The summed E-state index contributed by atoms with van der Waals surface area (Å²) in [7, 11) is 3.60. The summed E-state index contributed by atoms with van der Waals surface area (Å²) in [6.07, 6.45) is 3.06. The van der Waals surface area contributed by atoms with Crippen molar-refractivity contribution in [1.82, 2.24) is 19.0 Å². The van der Waals surface area contributed by atoms with Crippen LogP contribution in [0.4, 0.5) is 5.69 Å². The zero-order valence-electron chi connectivity index (χ0n) is 18.2. The van der Waals surface area contributed by atoms with E-state index in [1.54, 1.807) is 47.0 Å². The van der Waals surface area contributed by atoms with Gasteiger partial charge in [-0.25, -0.2) is 4.98 Å². The number of nitrogens with one attached hydrogen (secondary N) is 1. The molecule has 0 bridgehead atoms. The highest BCUT2D eigenvalue weighted by atomic mass is 16.5. The maximum Gasteiger partial charge on any atom is 0.291 e. The van der Waals surface area contributed by atoms with Gasteiger partial charge in [-0.05, 0) is 30.3 Å². The molecule has 4 heterocycles.